The molecule has 1 aromatic rings. The van der Waals surface area contributed by atoms with E-state index in [-0.39, 0.29) is 11.9 Å². The molecule has 0 fully saturated rings. The van der Waals surface area contributed by atoms with Gasteiger partial charge in [0.15, 0.2) is 6.10 Å². The lowest BCUT2D eigenvalue weighted by Gasteiger charge is -2.30. The Morgan fingerprint density at radius 3 is 2.90 bits per heavy atom. The van der Waals surface area contributed by atoms with Crippen LogP contribution in [0.25, 0.3) is 0 Å². The summed E-state index contributed by atoms with van der Waals surface area (Å²) in [4.78, 5) is 11.9. The zero-order valence-electron chi connectivity index (χ0n) is 12.1. The van der Waals surface area contributed by atoms with Gasteiger partial charge >= 0.3 is 5.97 Å². The van der Waals surface area contributed by atoms with Crippen LogP contribution in [-0.2, 0) is 9.53 Å². The van der Waals surface area contributed by atoms with Crippen molar-refractivity contribution in [3.63, 3.8) is 0 Å². The minimum absolute atomic E-state index is 0.0580. The third-order valence-electron chi connectivity index (χ3n) is 3.50. The molecule has 1 heterocycles. The molecule has 0 aliphatic carbocycles. The molecule has 0 unspecified atom stereocenters. The van der Waals surface area contributed by atoms with E-state index in [9.17, 15) is 4.79 Å². The largest absolute Gasteiger partial charge is 0.496 e. The van der Waals surface area contributed by atoms with Crippen molar-refractivity contribution >= 4 is 5.97 Å². The first kappa shape index (κ1) is 14.4. The van der Waals surface area contributed by atoms with Gasteiger partial charge in [-0.15, -0.1) is 6.58 Å². The molecule has 0 saturated heterocycles. The third-order valence-corrected chi connectivity index (χ3v) is 3.50. The van der Waals surface area contributed by atoms with E-state index in [0.717, 1.165) is 16.9 Å². The quantitative estimate of drug-likeness (QED) is 0.626. The van der Waals surface area contributed by atoms with Crippen molar-refractivity contribution in [3.05, 3.63) is 35.9 Å². The minimum atomic E-state index is -0.571. The number of benzene rings is 1. The molecule has 1 aromatic carbocycles. The van der Waals surface area contributed by atoms with E-state index in [1.807, 2.05) is 25.1 Å². The summed E-state index contributed by atoms with van der Waals surface area (Å²) in [5.74, 6) is 1.26. The van der Waals surface area contributed by atoms with Crippen LogP contribution in [0.1, 0.15) is 30.4 Å². The van der Waals surface area contributed by atoms with E-state index in [2.05, 4.69) is 6.58 Å². The van der Waals surface area contributed by atoms with Gasteiger partial charge in [0.05, 0.1) is 13.7 Å². The summed E-state index contributed by atoms with van der Waals surface area (Å²) < 4.78 is 16.2. The first-order chi connectivity index (χ1) is 9.60. The van der Waals surface area contributed by atoms with Gasteiger partial charge in [-0.1, -0.05) is 6.08 Å². The molecule has 0 spiro atoms. The molecule has 20 heavy (non-hydrogen) atoms. The SMILES string of the molecule is C=C[C@@H]1C[C@H](C(=O)OCC)Oc2cc(C)c(OC)cc21. The maximum Gasteiger partial charge on any atom is 0.347 e. The minimum Gasteiger partial charge on any atom is -0.496 e. The lowest BCUT2D eigenvalue weighted by Crippen LogP contribution is -2.34. The third kappa shape index (κ3) is 2.64. The average Bonchev–Trinajstić information content (AvgIpc) is 2.45. The van der Waals surface area contributed by atoms with E-state index in [1.165, 1.54) is 0 Å². The van der Waals surface area contributed by atoms with Crippen LogP contribution in [0, 0.1) is 6.92 Å². The Kier molecular flexibility index (Phi) is 4.32. The van der Waals surface area contributed by atoms with E-state index in [1.54, 1.807) is 14.0 Å². The summed E-state index contributed by atoms with van der Waals surface area (Å²) in [7, 11) is 1.64. The van der Waals surface area contributed by atoms with Crippen molar-refractivity contribution in [2.45, 2.75) is 32.3 Å². The van der Waals surface area contributed by atoms with Crippen LogP contribution < -0.4 is 9.47 Å². The number of rotatable bonds is 4. The highest BCUT2D eigenvalue weighted by molar-refractivity contribution is 5.76. The summed E-state index contributed by atoms with van der Waals surface area (Å²) in [6.07, 6.45) is 1.81. The van der Waals surface area contributed by atoms with Crippen molar-refractivity contribution in [2.24, 2.45) is 0 Å². The Labute approximate surface area is 119 Å². The molecule has 108 valence electrons. The Morgan fingerprint density at radius 2 is 2.30 bits per heavy atom. The molecule has 0 saturated carbocycles. The highest BCUT2D eigenvalue weighted by Gasteiger charge is 2.33. The van der Waals surface area contributed by atoms with Gasteiger partial charge < -0.3 is 14.2 Å². The molecule has 2 rings (SSSR count). The molecule has 2 atom stereocenters. The molecular weight excluding hydrogens is 256 g/mol. The Morgan fingerprint density at radius 1 is 1.55 bits per heavy atom. The molecule has 4 nitrogen and oxygen atoms in total. The number of aryl methyl sites for hydroxylation is 1. The molecule has 0 amide bonds. The van der Waals surface area contributed by atoms with Gasteiger partial charge in [-0.3, -0.25) is 0 Å². The first-order valence-electron chi connectivity index (χ1n) is 6.75. The zero-order chi connectivity index (χ0) is 14.7. The zero-order valence-corrected chi connectivity index (χ0v) is 12.1. The lowest BCUT2D eigenvalue weighted by molar-refractivity contribution is -0.152. The second-order valence-corrected chi connectivity index (χ2v) is 4.80. The molecule has 0 N–H and O–H groups in total. The number of carbonyl (C=O) groups excluding carboxylic acids is 1. The number of ether oxygens (including phenoxy) is 3. The van der Waals surface area contributed by atoms with Crippen molar-refractivity contribution in [3.8, 4) is 11.5 Å². The second kappa shape index (κ2) is 5.99. The number of hydrogen-bond acceptors (Lipinski definition) is 4. The summed E-state index contributed by atoms with van der Waals surface area (Å²) in [6.45, 7) is 7.94. The molecule has 0 radical (unpaired) electrons. The summed E-state index contributed by atoms with van der Waals surface area (Å²) in [5, 5.41) is 0. The van der Waals surface area contributed by atoms with Crippen molar-refractivity contribution < 1.29 is 19.0 Å². The lowest BCUT2D eigenvalue weighted by atomic mass is 9.89. The molecule has 1 aliphatic heterocycles. The van der Waals surface area contributed by atoms with Crippen LogP contribution in [-0.4, -0.2) is 25.8 Å². The van der Waals surface area contributed by atoms with Gasteiger partial charge in [-0.2, -0.15) is 0 Å². The molecule has 0 aromatic heterocycles. The highest BCUT2D eigenvalue weighted by atomic mass is 16.6. The van der Waals surface area contributed by atoms with Crippen LogP contribution in [0.3, 0.4) is 0 Å². The van der Waals surface area contributed by atoms with Crippen LogP contribution in [0.2, 0.25) is 0 Å². The predicted octanol–water partition coefficient (Wildman–Crippen LogP) is 2.99. The number of esters is 1. The normalized spacial score (nSPS) is 20.6. The van der Waals surface area contributed by atoms with Crippen molar-refractivity contribution in [1.29, 1.82) is 0 Å². The van der Waals surface area contributed by atoms with E-state index in [0.29, 0.717) is 18.8 Å². The van der Waals surface area contributed by atoms with Crippen molar-refractivity contribution in [2.75, 3.05) is 13.7 Å². The fourth-order valence-corrected chi connectivity index (χ4v) is 2.45. The molecule has 0 bridgehead atoms. The number of fused-ring (bicyclic) bond motifs is 1. The van der Waals surface area contributed by atoms with Gasteiger partial charge in [0.25, 0.3) is 0 Å². The van der Waals surface area contributed by atoms with E-state index < -0.39 is 6.10 Å². The summed E-state index contributed by atoms with van der Waals surface area (Å²) in [6, 6.07) is 3.86. The topological polar surface area (TPSA) is 44.8 Å². The van der Waals surface area contributed by atoms with Gasteiger partial charge in [-0.25, -0.2) is 4.79 Å². The summed E-state index contributed by atoms with van der Waals surface area (Å²) in [5.41, 5.74) is 1.97. The monoisotopic (exact) mass is 276 g/mol. The first-order valence-corrected chi connectivity index (χ1v) is 6.75. The van der Waals surface area contributed by atoms with E-state index >= 15 is 0 Å². The van der Waals surface area contributed by atoms with Crippen LogP contribution in [0.4, 0.5) is 0 Å². The Bertz CT molecular complexity index is 521. The van der Waals surface area contributed by atoms with Crippen molar-refractivity contribution in [1.82, 2.24) is 0 Å². The maximum atomic E-state index is 11.9. The molecule has 4 heteroatoms. The average molecular weight is 276 g/mol. The van der Waals surface area contributed by atoms with E-state index in [4.69, 9.17) is 14.2 Å². The van der Waals surface area contributed by atoms with Crippen LogP contribution in [0.15, 0.2) is 24.8 Å². The second-order valence-electron chi connectivity index (χ2n) is 4.80. The smallest absolute Gasteiger partial charge is 0.347 e. The highest BCUT2D eigenvalue weighted by Crippen LogP contribution is 2.40. The van der Waals surface area contributed by atoms with Gasteiger partial charge in [0.1, 0.15) is 11.5 Å². The van der Waals surface area contributed by atoms with Crippen LogP contribution >= 0.6 is 0 Å². The standard InChI is InChI=1S/C16H20O4/c1-5-11-8-15(16(17)19-6-2)20-14-7-10(3)13(18-4)9-12(11)14/h5,7,9,11,15H,1,6,8H2,2-4H3/t11-,15-/m1/s1. The number of methoxy groups -OCH3 is 1. The Balaban J connectivity index is 2.35. The van der Waals surface area contributed by atoms with Crippen LogP contribution in [0.5, 0.6) is 11.5 Å². The number of allylic oxidation sites excluding steroid dienone is 1. The number of carbonyl (C=O) groups is 1. The fraction of sp³-hybridized carbons (Fsp3) is 0.438. The number of hydrogen-bond donors (Lipinski definition) is 0. The van der Waals surface area contributed by atoms with Gasteiger partial charge in [0, 0.05) is 17.9 Å². The maximum absolute atomic E-state index is 11.9. The Hall–Kier alpha value is -1.97. The molecular formula is C16H20O4. The van der Waals surface area contributed by atoms with Gasteiger partial charge in [0.2, 0.25) is 0 Å². The summed E-state index contributed by atoms with van der Waals surface area (Å²) >= 11 is 0. The van der Waals surface area contributed by atoms with Gasteiger partial charge in [-0.05, 0) is 31.5 Å². The predicted molar refractivity (Wildman–Crippen MR) is 76.3 cm³/mol. The fourth-order valence-electron chi connectivity index (χ4n) is 2.45. The molecule has 1 aliphatic rings.